The maximum absolute atomic E-state index is 2.45. The Kier molecular flexibility index (Phi) is 28.2. The first-order valence-electron chi connectivity index (χ1n) is 16.2. The Labute approximate surface area is 212 Å². The summed E-state index contributed by atoms with van der Waals surface area (Å²) in [7, 11) is 0. The quantitative estimate of drug-likeness (QED) is 0.101. The van der Waals surface area contributed by atoms with Crippen LogP contribution in [0.2, 0.25) is 0 Å². The van der Waals surface area contributed by atoms with E-state index in [1.807, 2.05) is 0 Å². The monoisotopic (exact) mass is 465 g/mol. The van der Waals surface area contributed by atoms with Crippen LogP contribution in [0.1, 0.15) is 201 Å². The fourth-order valence-electron chi connectivity index (χ4n) is 5.38. The summed E-state index contributed by atoms with van der Waals surface area (Å²) in [5.41, 5.74) is 0. The summed E-state index contributed by atoms with van der Waals surface area (Å²) in [6.45, 7) is 9.53. The van der Waals surface area contributed by atoms with Crippen molar-refractivity contribution in [3.05, 3.63) is 0 Å². The summed E-state index contributed by atoms with van der Waals surface area (Å²) < 4.78 is 0. The SMILES string of the molecule is CCCCC(C)CCCCCCCCCCCCCCCCCCCCCC(C)CCCC. The van der Waals surface area contributed by atoms with E-state index in [4.69, 9.17) is 0 Å². The lowest BCUT2D eigenvalue weighted by Crippen LogP contribution is -1.94. The van der Waals surface area contributed by atoms with Crippen molar-refractivity contribution in [2.45, 2.75) is 201 Å². The second-order valence-electron chi connectivity index (χ2n) is 11.8. The van der Waals surface area contributed by atoms with Crippen LogP contribution >= 0.6 is 0 Å². The van der Waals surface area contributed by atoms with E-state index in [0.717, 1.165) is 11.8 Å². The molecule has 0 heteroatoms. The molecule has 0 aliphatic heterocycles. The van der Waals surface area contributed by atoms with E-state index in [0.29, 0.717) is 0 Å². The summed E-state index contributed by atoms with van der Waals surface area (Å²) in [6.07, 6.45) is 39.7. The van der Waals surface area contributed by atoms with Gasteiger partial charge < -0.3 is 0 Å². The number of hydrogen-bond donors (Lipinski definition) is 0. The molecular formula is C33H68. The van der Waals surface area contributed by atoms with E-state index in [2.05, 4.69) is 27.7 Å². The first-order chi connectivity index (χ1) is 16.2. The molecule has 0 bridgehead atoms. The minimum atomic E-state index is 0.966. The van der Waals surface area contributed by atoms with Gasteiger partial charge in [0.2, 0.25) is 0 Å². The molecule has 0 nitrogen and oxygen atoms in total. The number of rotatable bonds is 28. The normalized spacial score (nSPS) is 13.5. The lowest BCUT2D eigenvalue weighted by atomic mass is 9.97. The summed E-state index contributed by atoms with van der Waals surface area (Å²) in [5.74, 6) is 1.93. The van der Waals surface area contributed by atoms with Gasteiger partial charge in [-0.25, -0.2) is 0 Å². The third-order valence-corrected chi connectivity index (χ3v) is 7.99. The van der Waals surface area contributed by atoms with Gasteiger partial charge in [-0.1, -0.05) is 201 Å². The highest BCUT2D eigenvalue weighted by Crippen LogP contribution is 2.19. The molecule has 0 amide bonds. The van der Waals surface area contributed by atoms with Crippen molar-refractivity contribution in [2.75, 3.05) is 0 Å². The van der Waals surface area contributed by atoms with Gasteiger partial charge in [0.05, 0.1) is 0 Å². The van der Waals surface area contributed by atoms with E-state index in [-0.39, 0.29) is 0 Å². The molecular weight excluding hydrogens is 396 g/mol. The topological polar surface area (TPSA) is 0 Å². The Bertz CT molecular complexity index is 301. The average molecular weight is 465 g/mol. The lowest BCUT2D eigenvalue weighted by Gasteiger charge is -2.10. The smallest absolute Gasteiger partial charge is 0.0443 e. The molecule has 0 spiro atoms. The molecule has 2 unspecified atom stereocenters. The van der Waals surface area contributed by atoms with Crippen LogP contribution < -0.4 is 0 Å². The zero-order valence-corrected chi connectivity index (χ0v) is 24.2. The predicted octanol–water partition coefficient (Wildman–Crippen LogP) is 12.8. The molecule has 0 saturated carbocycles. The van der Waals surface area contributed by atoms with Crippen molar-refractivity contribution in [2.24, 2.45) is 11.8 Å². The van der Waals surface area contributed by atoms with Crippen LogP contribution in [0.4, 0.5) is 0 Å². The molecule has 0 fully saturated rings. The van der Waals surface area contributed by atoms with Crippen LogP contribution in [0.5, 0.6) is 0 Å². The van der Waals surface area contributed by atoms with Crippen LogP contribution in [0.25, 0.3) is 0 Å². The molecule has 0 aromatic rings. The highest BCUT2D eigenvalue weighted by Gasteiger charge is 2.02. The van der Waals surface area contributed by atoms with Crippen LogP contribution in [0.15, 0.2) is 0 Å². The van der Waals surface area contributed by atoms with Gasteiger partial charge in [0, 0.05) is 0 Å². The first kappa shape index (κ1) is 33.0. The third-order valence-electron chi connectivity index (χ3n) is 7.99. The van der Waals surface area contributed by atoms with Gasteiger partial charge in [-0.05, 0) is 11.8 Å². The lowest BCUT2D eigenvalue weighted by molar-refractivity contribution is 0.440. The average Bonchev–Trinajstić information content (AvgIpc) is 2.82. The van der Waals surface area contributed by atoms with E-state index >= 15 is 0 Å². The Morgan fingerprint density at radius 2 is 0.455 bits per heavy atom. The van der Waals surface area contributed by atoms with Crippen molar-refractivity contribution < 1.29 is 0 Å². The third kappa shape index (κ3) is 28.1. The molecule has 0 N–H and O–H groups in total. The Hall–Kier alpha value is 0. The Morgan fingerprint density at radius 3 is 0.667 bits per heavy atom. The minimum absolute atomic E-state index is 0.966. The van der Waals surface area contributed by atoms with Gasteiger partial charge in [-0.15, -0.1) is 0 Å². The fraction of sp³-hybridized carbons (Fsp3) is 1.00. The van der Waals surface area contributed by atoms with Gasteiger partial charge in [0.15, 0.2) is 0 Å². The standard InChI is InChI=1S/C33H68/c1-5-7-28-32(3)30-26-24-22-20-18-16-14-12-10-9-11-13-15-17-19-21-23-25-27-31-33(4)29-8-6-2/h32-33H,5-31H2,1-4H3. The molecule has 0 saturated heterocycles. The number of unbranched alkanes of at least 4 members (excludes halogenated alkanes) is 20. The minimum Gasteiger partial charge on any atom is -0.0654 e. The van der Waals surface area contributed by atoms with E-state index < -0.39 is 0 Å². The van der Waals surface area contributed by atoms with E-state index in [1.54, 1.807) is 0 Å². The van der Waals surface area contributed by atoms with Gasteiger partial charge in [0.25, 0.3) is 0 Å². The summed E-state index contributed by atoms with van der Waals surface area (Å²) >= 11 is 0. The predicted molar refractivity (Wildman–Crippen MR) is 154 cm³/mol. The second kappa shape index (κ2) is 28.2. The first-order valence-corrected chi connectivity index (χ1v) is 16.2. The van der Waals surface area contributed by atoms with Gasteiger partial charge in [-0.2, -0.15) is 0 Å². The van der Waals surface area contributed by atoms with Crippen molar-refractivity contribution in [3.63, 3.8) is 0 Å². The van der Waals surface area contributed by atoms with Crippen LogP contribution in [-0.2, 0) is 0 Å². The zero-order valence-electron chi connectivity index (χ0n) is 24.2. The molecule has 0 aliphatic rings. The highest BCUT2D eigenvalue weighted by molar-refractivity contribution is 4.56. The fourth-order valence-corrected chi connectivity index (χ4v) is 5.38. The van der Waals surface area contributed by atoms with Crippen LogP contribution in [0, 0.1) is 11.8 Å². The molecule has 0 aromatic heterocycles. The van der Waals surface area contributed by atoms with Crippen molar-refractivity contribution in [1.82, 2.24) is 0 Å². The van der Waals surface area contributed by atoms with Gasteiger partial charge in [-0.3, -0.25) is 0 Å². The molecule has 0 aromatic carbocycles. The largest absolute Gasteiger partial charge is 0.0654 e. The molecule has 0 radical (unpaired) electrons. The highest BCUT2D eigenvalue weighted by atomic mass is 14.1. The maximum Gasteiger partial charge on any atom is -0.0443 e. The molecule has 2 atom stereocenters. The van der Waals surface area contributed by atoms with Crippen molar-refractivity contribution in [3.8, 4) is 0 Å². The molecule has 200 valence electrons. The van der Waals surface area contributed by atoms with E-state index in [9.17, 15) is 0 Å². The van der Waals surface area contributed by atoms with Gasteiger partial charge in [0.1, 0.15) is 0 Å². The van der Waals surface area contributed by atoms with Gasteiger partial charge >= 0.3 is 0 Å². The molecule has 0 aliphatic carbocycles. The molecule has 0 heterocycles. The van der Waals surface area contributed by atoms with Crippen LogP contribution in [0.3, 0.4) is 0 Å². The summed E-state index contributed by atoms with van der Waals surface area (Å²) in [6, 6.07) is 0. The second-order valence-corrected chi connectivity index (χ2v) is 11.8. The summed E-state index contributed by atoms with van der Waals surface area (Å²) in [4.78, 5) is 0. The van der Waals surface area contributed by atoms with E-state index in [1.165, 1.54) is 173 Å². The Morgan fingerprint density at radius 1 is 0.273 bits per heavy atom. The maximum atomic E-state index is 2.45. The molecule has 0 rings (SSSR count). The number of hydrogen-bond acceptors (Lipinski definition) is 0. The van der Waals surface area contributed by atoms with Crippen molar-refractivity contribution in [1.29, 1.82) is 0 Å². The molecule has 33 heavy (non-hydrogen) atoms. The van der Waals surface area contributed by atoms with Crippen LogP contribution in [-0.4, -0.2) is 0 Å². The zero-order chi connectivity index (χ0) is 24.2. The Balaban J connectivity index is 3.09. The van der Waals surface area contributed by atoms with Crippen molar-refractivity contribution >= 4 is 0 Å². The summed E-state index contributed by atoms with van der Waals surface area (Å²) in [5, 5.41) is 0.